The Morgan fingerprint density at radius 1 is 0.714 bits per heavy atom. The van der Waals surface area contributed by atoms with Crippen molar-refractivity contribution in [2.75, 3.05) is 0 Å². The SMILES string of the molecule is CC1(C)c2ccccc2-c2c1ccc1c2ccc2c1c1ccccc1n2-c1ccc2ocnc2c1. The molecule has 0 saturated carbocycles. The average molecular weight is 451 g/mol. The van der Waals surface area contributed by atoms with Crippen LogP contribution in [0.4, 0.5) is 0 Å². The third-order valence-electron chi connectivity index (χ3n) is 7.95. The second-order valence-corrected chi connectivity index (χ2v) is 10.1. The van der Waals surface area contributed by atoms with Crippen molar-refractivity contribution in [3.63, 3.8) is 0 Å². The molecule has 35 heavy (non-hydrogen) atoms. The van der Waals surface area contributed by atoms with Crippen LogP contribution in [0, 0.1) is 0 Å². The normalized spacial score (nSPS) is 14.2. The number of oxazole rings is 1. The van der Waals surface area contributed by atoms with Crippen molar-refractivity contribution in [3.8, 4) is 16.8 Å². The summed E-state index contributed by atoms with van der Waals surface area (Å²) in [5, 5.41) is 5.18. The van der Waals surface area contributed by atoms with Crippen LogP contribution >= 0.6 is 0 Å². The van der Waals surface area contributed by atoms with Gasteiger partial charge in [0.15, 0.2) is 12.0 Å². The molecule has 7 aromatic rings. The summed E-state index contributed by atoms with van der Waals surface area (Å²) in [5.41, 5.74) is 10.7. The maximum absolute atomic E-state index is 5.49. The summed E-state index contributed by atoms with van der Waals surface area (Å²) in [6.07, 6.45) is 1.51. The van der Waals surface area contributed by atoms with Crippen molar-refractivity contribution in [2.24, 2.45) is 0 Å². The molecule has 0 saturated heterocycles. The molecule has 3 nitrogen and oxygen atoms in total. The summed E-state index contributed by atoms with van der Waals surface area (Å²) in [7, 11) is 0. The summed E-state index contributed by atoms with van der Waals surface area (Å²) >= 11 is 0. The molecule has 0 radical (unpaired) electrons. The highest BCUT2D eigenvalue weighted by atomic mass is 16.3. The molecule has 1 aliphatic rings. The van der Waals surface area contributed by atoms with Gasteiger partial charge in [0, 0.05) is 21.9 Å². The van der Waals surface area contributed by atoms with E-state index in [1.165, 1.54) is 61.2 Å². The summed E-state index contributed by atoms with van der Waals surface area (Å²) in [6.45, 7) is 4.68. The minimum absolute atomic E-state index is 0.00389. The van der Waals surface area contributed by atoms with Gasteiger partial charge in [-0.3, -0.25) is 0 Å². The maximum atomic E-state index is 5.49. The molecule has 5 aromatic carbocycles. The quantitative estimate of drug-likeness (QED) is 0.251. The lowest BCUT2D eigenvalue weighted by molar-refractivity contribution is 0.602. The molecule has 0 unspecified atom stereocenters. The minimum atomic E-state index is -0.00389. The molecule has 3 heteroatoms. The first-order valence-corrected chi connectivity index (χ1v) is 12.1. The lowest BCUT2D eigenvalue weighted by Gasteiger charge is -2.21. The van der Waals surface area contributed by atoms with Gasteiger partial charge in [0.25, 0.3) is 0 Å². The predicted molar refractivity (Wildman–Crippen MR) is 143 cm³/mol. The van der Waals surface area contributed by atoms with Gasteiger partial charge in [-0.1, -0.05) is 74.5 Å². The zero-order chi connectivity index (χ0) is 23.3. The summed E-state index contributed by atoms with van der Waals surface area (Å²) in [4.78, 5) is 4.39. The van der Waals surface area contributed by atoms with Crippen LogP contribution in [0.3, 0.4) is 0 Å². The Morgan fingerprint density at radius 2 is 1.54 bits per heavy atom. The molecule has 2 aromatic heterocycles. The minimum Gasteiger partial charge on any atom is -0.443 e. The molecule has 0 amide bonds. The lowest BCUT2D eigenvalue weighted by Crippen LogP contribution is -2.14. The fourth-order valence-electron chi connectivity index (χ4n) is 6.34. The van der Waals surface area contributed by atoms with Crippen LogP contribution in [0.25, 0.3) is 60.5 Å². The topological polar surface area (TPSA) is 31.0 Å². The summed E-state index contributed by atoms with van der Waals surface area (Å²) in [6, 6.07) is 33.1. The monoisotopic (exact) mass is 450 g/mol. The summed E-state index contributed by atoms with van der Waals surface area (Å²) < 4.78 is 7.84. The predicted octanol–water partition coefficient (Wildman–Crippen LogP) is 8.38. The third kappa shape index (κ3) is 2.33. The Balaban J connectivity index is 1.52. The number of para-hydroxylation sites is 1. The molecule has 8 rings (SSSR count). The largest absolute Gasteiger partial charge is 0.443 e. The average Bonchev–Trinajstić information content (AvgIpc) is 3.55. The van der Waals surface area contributed by atoms with Gasteiger partial charge in [0.1, 0.15) is 5.52 Å². The fraction of sp³-hybridized carbons (Fsp3) is 0.0938. The number of nitrogens with zero attached hydrogens (tertiary/aromatic N) is 2. The third-order valence-corrected chi connectivity index (χ3v) is 7.95. The number of benzene rings is 5. The van der Waals surface area contributed by atoms with Gasteiger partial charge in [-0.15, -0.1) is 0 Å². The molecule has 0 atom stereocenters. The number of hydrogen-bond donors (Lipinski definition) is 0. The molecule has 0 spiro atoms. The fourth-order valence-corrected chi connectivity index (χ4v) is 6.34. The van der Waals surface area contributed by atoms with E-state index < -0.39 is 0 Å². The van der Waals surface area contributed by atoms with Crippen LogP contribution in [0.1, 0.15) is 25.0 Å². The first-order chi connectivity index (χ1) is 17.1. The molecule has 2 heterocycles. The van der Waals surface area contributed by atoms with Crippen LogP contribution in [-0.2, 0) is 5.41 Å². The smallest absolute Gasteiger partial charge is 0.181 e. The molecular weight excluding hydrogens is 428 g/mol. The van der Waals surface area contributed by atoms with Crippen molar-refractivity contribution in [3.05, 3.63) is 109 Å². The van der Waals surface area contributed by atoms with Crippen molar-refractivity contribution in [1.82, 2.24) is 9.55 Å². The van der Waals surface area contributed by atoms with E-state index in [-0.39, 0.29) is 5.41 Å². The number of fused-ring (bicyclic) bond motifs is 10. The molecule has 0 N–H and O–H groups in total. The van der Waals surface area contributed by atoms with E-state index in [2.05, 4.69) is 108 Å². The van der Waals surface area contributed by atoms with Crippen LogP contribution in [0.15, 0.2) is 102 Å². The van der Waals surface area contributed by atoms with Gasteiger partial charge in [-0.05, 0) is 63.4 Å². The van der Waals surface area contributed by atoms with Gasteiger partial charge in [0.05, 0.1) is 11.0 Å². The Kier molecular flexibility index (Phi) is 3.47. The highest BCUT2D eigenvalue weighted by Crippen LogP contribution is 2.52. The highest BCUT2D eigenvalue weighted by Gasteiger charge is 2.36. The Hall–Kier alpha value is -4.37. The second-order valence-electron chi connectivity index (χ2n) is 10.1. The van der Waals surface area contributed by atoms with Crippen molar-refractivity contribution in [1.29, 1.82) is 0 Å². The van der Waals surface area contributed by atoms with E-state index in [4.69, 9.17) is 4.42 Å². The Morgan fingerprint density at radius 3 is 2.49 bits per heavy atom. The standard InChI is InChI=1S/C32H22N2O/c1-32(2)24-9-5-3-7-22(24)30-20-13-15-28-31(21(20)12-14-25(30)32)23-8-4-6-10-27(23)34(28)19-11-16-29-26(17-19)33-18-35-29/h3-18H,1-2H3. The molecule has 0 fully saturated rings. The second kappa shape index (κ2) is 6.39. The van der Waals surface area contributed by atoms with E-state index in [0.29, 0.717) is 0 Å². The van der Waals surface area contributed by atoms with Crippen LogP contribution in [0.5, 0.6) is 0 Å². The van der Waals surface area contributed by atoms with Crippen LogP contribution < -0.4 is 0 Å². The van der Waals surface area contributed by atoms with Crippen LogP contribution in [-0.4, -0.2) is 9.55 Å². The van der Waals surface area contributed by atoms with Crippen molar-refractivity contribution in [2.45, 2.75) is 19.3 Å². The highest BCUT2D eigenvalue weighted by molar-refractivity contribution is 6.23. The zero-order valence-electron chi connectivity index (χ0n) is 19.5. The van der Waals surface area contributed by atoms with E-state index in [1.54, 1.807) is 0 Å². The molecule has 0 bridgehead atoms. The lowest BCUT2D eigenvalue weighted by atomic mass is 9.82. The van der Waals surface area contributed by atoms with Crippen molar-refractivity contribution >= 4 is 43.7 Å². The Labute approximate surface area is 202 Å². The molecule has 1 aliphatic carbocycles. The van der Waals surface area contributed by atoms with Crippen molar-refractivity contribution < 1.29 is 4.42 Å². The summed E-state index contributed by atoms with van der Waals surface area (Å²) in [5.74, 6) is 0. The molecule has 0 aliphatic heterocycles. The number of hydrogen-bond acceptors (Lipinski definition) is 2. The number of rotatable bonds is 1. The zero-order valence-corrected chi connectivity index (χ0v) is 19.5. The molecule has 166 valence electrons. The number of aromatic nitrogens is 2. The van der Waals surface area contributed by atoms with Gasteiger partial charge in [-0.25, -0.2) is 4.98 Å². The Bertz CT molecular complexity index is 1990. The maximum Gasteiger partial charge on any atom is 0.181 e. The van der Waals surface area contributed by atoms with E-state index >= 15 is 0 Å². The first kappa shape index (κ1) is 19.0. The van der Waals surface area contributed by atoms with Gasteiger partial charge < -0.3 is 8.98 Å². The van der Waals surface area contributed by atoms with E-state index in [9.17, 15) is 0 Å². The first-order valence-electron chi connectivity index (χ1n) is 12.1. The van der Waals surface area contributed by atoms with Gasteiger partial charge in [0.2, 0.25) is 0 Å². The van der Waals surface area contributed by atoms with Gasteiger partial charge >= 0.3 is 0 Å². The molecular formula is C32H22N2O. The van der Waals surface area contributed by atoms with E-state index in [0.717, 1.165) is 16.8 Å². The van der Waals surface area contributed by atoms with E-state index in [1.807, 2.05) is 6.07 Å². The van der Waals surface area contributed by atoms with Crippen LogP contribution in [0.2, 0.25) is 0 Å². The van der Waals surface area contributed by atoms with Gasteiger partial charge in [-0.2, -0.15) is 0 Å².